The Morgan fingerprint density at radius 2 is 1.61 bits per heavy atom. The number of imide groups is 1. The molecular formula is C42H50N12O2. The highest BCUT2D eigenvalue weighted by atomic mass is 16.2. The van der Waals surface area contributed by atoms with Crippen molar-refractivity contribution in [1.82, 2.24) is 39.8 Å². The van der Waals surface area contributed by atoms with Gasteiger partial charge in [-0.3, -0.25) is 24.7 Å². The molecule has 5 aromatic rings. The first-order valence-corrected chi connectivity index (χ1v) is 19.9. The molecule has 4 aliphatic heterocycles. The summed E-state index contributed by atoms with van der Waals surface area (Å²) in [6.07, 6.45) is 7.08. The summed E-state index contributed by atoms with van der Waals surface area (Å²) in [7, 11) is 1.90. The molecule has 3 N–H and O–H groups in total. The van der Waals surface area contributed by atoms with Crippen molar-refractivity contribution >= 4 is 57.5 Å². The van der Waals surface area contributed by atoms with Gasteiger partial charge in [0.1, 0.15) is 5.82 Å². The maximum atomic E-state index is 12.5. The van der Waals surface area contributed by atoms with E-state index >= 15 is 0 Å². The van der Waals surface area contributed by atoms with Crippen LogP contribution in [0, 0.1) is 19.8 Å². The molecule has 2 aromatic carbocycles. The third-order valence-electron chi connectivity index (χ3n) is 12.1. The third kappa shape index (κ3) is 7.38. The molecule has 56 heavy (non-hydrogen) atoms. The van der Waals surface area contributed by atoms with Gasteiger partial charge in [0.15, 0.2) is 11.5 Å². The molecule has 9 rings (SSSR count). The number of aromatic nitrogens is 5. The molecule has 0 bridgehead atoms. The zero-order valence-electron chi connectivity index (χ0n) is 32.5. The van der Waals surface area contributed by atoms with Crippen LogP contribution in [0.15, 0.2) is 60.9 Å². The van der Waals surface area contributed by atoms with Gasteiger partial charge in [0.2, 0.25) is 17.8 Å². The minimum atomic E-state index is -0.219. The first-order valence-electron chi connectivity index (χ1n) is 19.9. The fraction of sp³-hybridized carbons (Fsp3) is 0.429. The van der Waals surface area contributed by atoms with Crippen LogP contribution in [0.5, 0.6) is 0 Å². The number of hydrogen-bond donors (Lipinski definition) is 3. The van der Waals surface area contributed by atoms with Crippen LogP contribution in [-0.2, 0) is 29.7 Å². The fourth-order valence-electron chi connectivity index (χ4n) is 8.85. The maximum absolute atomic E-state index is 12.5. The lowest BCUT2D eigenvalue weighted by Gasteiger charge is -2.39. The van der Waals surface area contributed by atoms with E-state index in [0.717, 1.165) is 104 Å². The van der Waals surface area contributed by atoms with Crippen molar-refractivity contribution in [3.05, 3.63) is 83.2 Å². The number of rotatable bonds is 9. The second-order valence-corrected chi connectivity index (χ2v) is 15.9. The first-order chi connectivity index (χ1) is 27.2. The Morgan fingerprint density at radius 3 is 2.36 bits per heavy atom. The van der Waals surface area contributed by atoms with Crippen molar-refractivity contribution < 1.29 is 9.59 Å². The number of benzene rings is 2. The Hall–Kier alpha value is -5.60. The van der Waals surface area contributed by atoms with Gasteiger partial charge in [-0.15, -0.1) is 0 Å². The van der Waals surface area contributed by atoms with E-state index in [1.165, 1.54) is 29.7 Å². The van der Waals surface area contributed by atoms with Crippen LogP contribution in [-0.4, -0.2) is 98.2 Å². The number of carbonyl (C=O) groups is 2. The van der Waals surface area contributed by atoms with Crippen molar-refractivity contribution in [2.24, 2.45) is 13.0 Å². The van der Waals surface area contributed by atoms with Crippen molar-refractivity contribution in [2.45, 2.75) is 58.7 Å². The van der Waals surface area contributed by atoms with Crippen LogP contribution in [0.3, 0.4) is 0 Å². The lowest BCUT2D eigenvalue weighted by atomic mass is 9.95. The Kier molecular flexibility index (Phi) is 9.76. The Labute approximate surface area is 327 Å². The summed E-state index contributed by atoms with van der Waals surface area (Å²) in [5.74, 6) is 2.61. The molecule has 0 radical (unpaired) electrons. The number of nitrogens with zero attached hydrogens (tertiary/aromatic N) is 9. The van der Waals surface area contributed by atoms with E-state index in [9.17, 15) is 9.59 Å². The van der Waals surface area contributed by atoms with Gasteiger partial charge in [-0.2, -0.15) is 10.1 Å². The van der Waals surface area contributed by atoms with Crippen LogP contribution in [0.4, 0.5) is 34.6 Å². The smallest absolute Gasteiger partial charge is 0.243 e. The van der Waals surface area contributed by atoms with E-state index < -0.39 is 0 Å². The number of para-hydroxylation sites is 1. The van der Waals surface area contributed by atoms with E-state index in [-0.39, 0.29) is 17.9 Å². The van der Waals surface area contributed by atoms with Crippen LogP contribution in [0.25, 0.3) is 11.0 Å². The average molecular weight is 755 g/mol. The Morgan fingerprint density at radius 1 is 0.821 bits per heavy atom. The quantitative estimate of drug-likeness (QED) is 0.174. The van der Waals surface area contributed by atoms with Crippen molar-refractivity contribution in [2.75, 3.05) is 66.2 Å². The number of piperazine rings is 1. The largest absolute Gasteiger partial charge is 0.372 e. The summed E-state index contributed by atoms with van der Waals surface area (Å²) in [5.41, 5.74) is 8.83. The van der Waals surface area contributed by atoms with Crippen LogP contribution in [0.1, 0.15) is 47.9 Å². The Bertz CT molecular complexity index is 2240. The number of pyridine rings is 1. The number of amides is 2. The second kappa shape index (κ2) is 15.1. The molecule has 7 heterocycles. The molecule has 0 saturated carbocycles. The molecule has 2 amide bonds. The van der Waals surface area contributed by atoms with Gasteiger partial charge < -0.3 is 20.4 Å². The van der Waals surface area contributed by atoms with Crippen molar-refractivity contribution in [1.29, 1.82) is 0 Å². The Balaban J connectivity index is 0.734. The predicted octanol–water partition coefficient (Wildman–Crippen LogP) is 5.02. The molecule has 0 spiro atoms. The van der Waals surface area contributed by atoms with Gasteiger partial charge in [0.25, 0.3) is 0 Å². The number of anilines is 6. The van der Waals surface area contributed by atoms with Gasteiger partial charge in [-0.05, 0) is 85.5 Å². The summed E-state index contributed by atoms with van der Waals surface area (Å²) < 4.78 is 1.78. The van der Waals surface area contributed by atoms with Gasteiger partial charge in [-0.25, -0.2) is 14.6 Å². The lowest BCUT2D eigenvalue weighted by molar-refractivity contribution is -0.137. The number of carbonyl (C=O) groups excluding carboxylic acids is 2. The predicted molar refractivity (Wildman–Crippen MR) is 218 cm³/mol. The van der Waals surface area contributed by atoms with Crippen molar-refractivity contribution in [3.63, 3.8) is 0 Å². The maximum Gasteiger partial charge on any atom is 0.243 e. The molecule has 14 heteroatoms. The van der Waals surface area contributed by atoms with E-state index in [1.54, 1.807) is 4.68 Å². The fourth-order valence-corrected chi connectivity index (χ4v) is 8.85. The second-order valence-electron chi connectivity index (χ2n) is 15.9. The van der Waals surface area contributed by atoms with Crippen LogP contribution >= 0.6 is 0 Å². The van der Waals surface area contributed by atoms with Crippen LogP contribution in [0.2, 0.25) is 0 Å². The zero-order valence-corrected chi connectivity index (χ0v) is 32.5. The van der Waals surface area contributed by atoms with E-state index in [4.69, 9.17) is 15.1 Å². The monoisotopic (exact) mass is 754 g/mol. The first kappa shape index (κ1) is 36.1. The molecule has 1 atom stereocenters. The van der Waals surface area contributed by atoms with Gasteiger partial charge in [-0.1, -0.05) is 24.3 Å². The van der Waals surface area contributed by atoms with Gasteiger partial charge in [0.05, 0.1) is 23.3 Å². The standard InChI is InChI=1S/C42H50N12O2/c1-27-5-4-6-28(2)38(27)47-39-34-23-44-42(48-40(34)50(3)49-39)45-32-8-11-36(43-22-32)53-19-17-51(18-20-53)24-29-13-15-52(16-14-29)33-9-7-30-25-54(26-31(30)21-33)35-10-12-37(55)46-41(35)56/h4-9,11,21-23,29,35H,10,12-20,24-26H2,1-3H3,(H,47,49)(H,44,45,48)(H,46,55,56). The minimum Gasteiger partial charge on any atom is -0.372 e. The summed E-state index contributed by atoms with van der Waals surface area (Å²) in [6.45, 7) is 13.0. The molecule has 3 aromatic heterocycles. The zero-order chi connectivity index (χ0) is 38.3. The number of hydrogen-bond acceptors (Lipinski definition) is 12. The highest BCUT2D eigenvalue weighted by molar-refractivity contribution is 6.00. The molecule has 4 aliphatic rings. The van der Waals surface area contributed by atoms with E-state index in [0.29, 0.717) is 24.7 Å². The molecule has 14 nitrogen and oxygen atoms in total. The summed E-state index contributed by atoms with van der Waals surface area (Å²) in [4.78, 5) is 48.0. The number of fused-ring (bicyclic) bond motifs is 2. The molecule has 1 unspecified atom stereocenters. The topological polar surface area (TPSA) is 140 Å². The number of nitrogens with one attached hydrogen (secondary N) is 3. The molecule has 3 saturated heterocycles. The highest BCUT2D eigenvalue weighted by Crippen LogP contribution is 2.33. The lowest BCUT2D eigenvalue weighted by Crippen LogP contribution is -2.50. The highest BCUT2D eigenvalue weighted by Gasteiger charge is 2.35. The average Bonchev–Trinajstić information content (AvgIpc) is 3.77. The summed E-state index contributed by atoms with van der Waals surface area (Å²) >= 11 is 0. The summed E-state index contributed by atoms with van der Waals surface area (Å²) in [5, 5.41) is 14.9. The van der Waals surface area contributed by atoms with E-state index in [1.807, 2.05) is 25.5 Å². The van der Waals surface area contributed by atoms with Crippen LogP contribution < -0.4 is 25.8 Å². The molecule has 3 fully saturated rings. The number of piperidine rings is 2. The van der Waals surface area contributed by atoms with E-state index in [2.05, 4.69) is 96.8 Å². The molecule has 0 aliphatic carbocycles. The van der Waals surface area contributed by atoms with Gasteiger partial charge >= 0.3 is 0 Å². The van der Waals surface area contributed by atoms with Gasteiger partial charge in [0, 0.05) is 89.9 Å². The third-order valence-corrected chi connectivity index (χ3v) is 12.1. The van der Waals surface area contributed by atoms with Crippen molar-refractivity contribution in [3.8, 4) is 0 Å². The normalized spacial score (nSPS) is 19.7. The molecular weight excluding hydrogens is 705 g/mol. The SMILES string of the molecule is Cc1cccc(C)c1Nc1nn(C)c2nc(Nc3ccc(N4CCN(CC5CCN(c6ccc7c(c6)CN(C6CCC(=O)NC6=O)C7)CC5)CC4)nc3)ncc12. The minimum absolute atomic E-state index is 0.152. The molecule has 290 valence electrons. The number of aryl methyl sites for hydroxylation is 3. The summed E-state index contributed by atoms with van der Waals surface area (Å²) in [6, 6.07) is 16.9.